The molecule has 0 bridgehead atoms. The maximum Gasteiger partial charge on any atom is 0.193 e. The van der Waals surface area contributed by atoms with Crippen LogP contribution in [0.2, 0.25) is 10.3 Å². The first-order valence-electron chi connectivity index (χ1n) is 2.46. The molecule has 10 heavy (non-hydrogen) atoms. The average Bonchev–Trinajstić information content (AvgIpc) is 1.94. The van der Waals surface area contributed by atoms with Crippen LogP contribution in [0.3, 0.4) is 0 Å². The molecule has 0 spiro atoms. The zero-order chi connectivity index (χ0) is 7.56. The molecular weight excluding hydrogens is 175 g/mol. The lowest BCUT2D eigenvalue weighted by Gasteiger charge is -1.98. The molecule has 0 aliphatic rings. The fraction of sp³-hybridized carbons (Fsp3) is 0.200. The Bertz CT molecular complexity index is 241. The van der Waals surface area contributed by atoms with E-state index < -0.39 is 0 Å². The average molecular weight is 179 g/mol. The first-order chi connectivity index (χ1) is 4.74. The molecule has 1 aromatic heterocycles. The Hall–Kier alpha value is -0.540. The lowest BCUT2D eigenvalue weighted by Crippen LogP contribution is -1.89. The minimum absolute atomic E-state index is 0.215. The van der Waals surface area contributed by atoms with Crippen LogP contribution in [0.15, 0.2) is 6.07 Å². The van der Waals surface area contributed by atoms with Crippen molar-refractivity contribution < 1.29 is 4.74 Å². The molecule has 0 saturated carbocycles. The molecule has 1 rings (SSSR count). The van der Waals surface area contributed by atoms with E-state index in [1.807, 2.05) is 0 Å². The SMILES string of the molecule is COc1cc(Cl)nnc1Cl. The van der Waals surface area contributed by atoms with Gasteiger partial charge in [-0.25, -0.2) is 0 Å². The quantitative estimate of drug-likeness (QED) is 0.659. The van der Waals surface area contributed by atoms with Gasteiger partial charge in [-0.2, -0.15) is 0 Å². The van der Waals surface area contributed by atoms with Crippen molar-refractivity contribution in [1.29, 1.82) is 0 Å². The summed E-state index contributed by atoms with van der Waals surface area (Å²) in [6, 6.07) is 1.50. The number of ether oxygens (including phenoxy) is 1. The summed E-state index contributed by atoms with van der Waals surface area (Å²) in [6.45, 7) is 0. The number of rotatable bonds is 1. The molecule has 1 heterocycles. The van der Waals surface area contributed by atoms with Crippen molar-refractivity contribution in [3.05, 3.63) is 16.4 Å². The van der Waals surface area contributed by atoms with Gasteiger partial charge in [-0.1, -0.05) is 23.2 Å². The van der Waals surface area contributed by atoms with Gasteiger partial charge in [-0.05, 0) is 0 Å². The second kappa shape index (κ2) is 3.03. The highest BCUT2D eigenvalue weighted by Crippen LogP contribution is 2.22. The van der Waals surface area contributed by atoms with Crippen LogP contribution in [-0.4, -0.2) is 17.3 Å². The molecule has 0 amide bonds. The molecule has 0 fully saturated rings. The summed E-state index contributed by atoms with van der Waals surface area (Å²) in [5, 5.41) is 7.48. The Morgan fingerprint density at radius 1 is 1.40 bits per heavy atom. The molecule has 0 aliphatic carbocycles. The number of aromatic nitrogens is 2. The van der Waals surface area contributed by atoms with Gasteiger partial charge in [0.15, 0.2) is 16.1 Å². The predicted molar refractivity (Wildman–Crippen MR) is 38.6 cm³/mol. The number of methoxy groups -OCH3 is 1. The Morgan fingerprint density at radius 3 is 2.60 bits per heavy atom. The highest BCUT2D eigenvalue weighted by molar-refractivity contribution is 6.32. The lowest BCUT2D eigenvalue weighted by molar-refractivity contribution is 0.412. The standard InChI is InChI=1S/C5H4Cl2N2O/c1-10-3-2-4(6)8-9-5(3)7/h2H,1H3. The number of halogens is 2. The van der Waals surface area contributed by atoms with Crippen molar-refractivity contribution in [2.75, 3.05) is 7.11 Å². The van der Waals surface area contributed by atoms with E-state index in [2.05, 4.69) is 10.2 Å². The topological polar surface area (TPSA) is 35.0 Å². The Balaban J connectivity index is 3.09. The minimum atomic E-state index is 0.215. The Labute approximate surface area is 67.9 Å². The van der Waals surface area contributed by atoms with Gasteiger partial charge in [-0.3, -0.25) is 0 Å². The molecule has 0 atom stereocenters. The summed E-state index contributed by atoms with van der Waals surface area (Å²) >= 11 is 11.0. The van der Waals surface area contributed by atoms with E-state index in [1.165, 1.54) is 13.2 Å². The molecule has 0 N–H and O–H groups in total. The smallest absolute Gasteiger partial charge is 0.193 e. The fourth-order valence-electron chi connectivity index (χ4n) is 0.481. The number of hydrogen-bond acceptors (Lipinski definition) is 3. The van der Waals surface area contributed by atoms with E-state index in [9.17, 15) is 0 Å². The third kappa shape index (κ3) is 1.49. The summed E-state index contributed by atoms with van der Waals surface area (Å²) in [6.07, 6.45) is 0. The largest absolute Gasteiger partial charge is 0.493 e. The molecular formula is C5H4Cl2N2O. The molecule has 0 radical (unpaired) electrons. The van der Waals surface area contributed by atoms with Crippen molar-refractivity contribution in [3.63, 3.8) is 0 Å². The first kappa shape index (κ1) is 7.57. The minimum Gasteiger partial charge on any atom is -0.493 e. The van der Waals surface area contributed by atoms with Gasteiger partial charge in [0.25, 0.3) is 0 Å². The van der Waals surface area contributed by atoms with Gasteiger partial charge in [-0.15, -0.1) is 10.2 Å². The van der Waals surface area contributed by atoms with Crippen molar-refractivity contribution in [2.45, 2.75) is 0 Å². The Kier molecular flexibility index (Phi) is 2.29. The third-order valence-corrected chi connectivity index (χ3v) is 1.35. The van der Waals surface area contributed by atoms with E-state index >= 15 is 0 Å². The highest BCUT2D eigenvalue weighted by atomic mass is 35.5. The van der Waals surface area contributed by atoms with Crippen LogP contribution < -0.4 is 4.74 Å². The van der Waals surface area contributed by atoms with Crippen molar-refractivity contribution in [3.8, 4) is 5.75 Å². The van der Waals surface area contributed by atoms with Crippen molar-refractivity contribution in [2.24, 2.45) is 0 Å². The second-order valence-corrected chi connectivity index (χ2v) is 2.27. The van der Waals surface area contributed by atoms with Gasteiger partial charge < -0.3 is 4.74 Å². The van der Waals surface area contributed by atoms with Crippen LogP contribution in [-0.2, 0) is 0 Å². The molecule has 0 aliphatic heterocycles. The Morgan fingerprint density at radius 2 is 2.10 bits per heavy atom. The van der Waals surface area contributed by atoms with Gasteiger partial charge in [0, 0.05) is 6.07 Å². The summed E-state index contributed by atoms with van der Waals surface area (Å²) in [5.74, 6) is 0.432. The summed E-state index contributed by atoms with van der Waals surface area (Å²) in [4.78, 5) is 0. The van der Waals surface area contributed by atoms with Gasteiger partial charge in [0.2, 0.25) is 0 Å². The molecule has 0 saturated heterocycles. The number of hydrogen-bond donors (Lipinski definition) is 0. The zero-order valence-electron chi connectivity index (χ0n) is 5.14. The van der Waals surface area contributed by atoms with E-state index in [1.54, 1.807) is 0 Å². The van der Waals surface area contributed by atoms with Crippen LogP contribution in [0, 0.1) is 0 Å². The molecule has 3 nitrogen and oxygen atoms in total. The van der Waals surface area contributed by atoms with E-state index in [4.69, 9.17) is 27.9 Å². The monoisotopic (exact) mass is 178 g/mol. The van der Waals surface area contributed by atoms with Crippen LogP contribution >= 0.6 is 23.2 Å². The molecule has 1 aromatic rings. The number of nitrogens with zero attached hydrogens (tertiary/aromatic N) is 2. The second-order valence-electron chi connectivity index (χ2n) is 1.53. The van der Waals surface area contributed by atoms with E-state index in [-0.39, 0.29) is 10.3 Å². The molecule has 0 aromatic carbocycles. The third-order valence-electron chi connectivity index (χ3n) is 0.907. The normalized spacial score (nSPS) is 9.50. The summed E-state index contributed by atoms with van der Waals surface area (Å²) in [7, 11) is 1.49. The predicted octanol–water partition coefficient (Wildman–Crippen LogP) is 1.79. The van der Waals surface area contributed by atoms with Crippen LogP contribution in [0.4, 0.5) is 0 Å². The van der Waals surface area contributed by atoms with E-state index in [0.717, 1.165) is 0 Å². The van der Waals surface area contributed by atoms with Gasteiger partial charge >= 0.3 is 0 Å². The molecule has 54 valence electrons. The summed E-state index contributed by atoms with van der Waals surface area (Å²) in [5.41, 5.74) is 0. The highest BCUT2D eigenvalue weighted by Gasteiger charge is 2.01. The maximum absolute atomic E-state index is 5.54. The molecule has 0 unspecified atom stereocenters. The van der Waals surface area contributed by atoms with Gasteiger partial charge in [0.1, 0.15) is 0 Å². The maximum atomic E-state index is 5.54. The van der Waals surface area contributed by atoms with Crippen LogP contribution in [0.1, 0.15) is 0 Å². The lowest BCUT2D eigenvalue weighted by atomic mass is 10.5. The first-order valence-corrected chi connectivity index (χ1v) is 3.22. The van der Waals surface area contributed by atoms with Crippen LogP contribution in [0.5, 0.6) is 5.75 Å². The zero-order valence-corrected chi connectivity index (χ0v) is 6.65. The van der Waals surface area contributed by atoms with Gasteiger partial charge in [0.05, 0.1) is 7.11 Å². The molecule has 5 heteroatoms. The van der Waals surface area contributed by atoms with Crippen molar-refractivity contribution >= 4 is 23.2 Å². The summed E-state index contributed by atoms with van der Waals surface area (Å²) < 4.78 is 4.81. The fourth-order valence-corrected chi connectivity index (χ4v) is 0.787. The van der Waals surface area contributed by atoms with E-state index in [0.29, 0.717) is 5.75 Å². The van der Waals surface area contributed by atoms with Crippen LogP contribution in [0.25, 0.3) is 0 Å². The van der Waals surface area contributed by atoms with Crippen molar-refractivity contribution in [1.82, 2.24) is 10.2 Å².